The van der Waals surface area contributed by atoms with Gasteiger partial charge in [0.1, 0.15) is 5.75 Å². The first-order valence-electron chi connectivity index (χ1n) is 6.38. The molecule has 0 atom stereocenters. The Morgan fingerprint density at radius 3 is 2.61 bits per heavy atom. The number of benzene rings is 1. The minimum atomic E-state index is 0.904. The van der Waals surface area contributed by atoms with Crippen molar-refractivity contribution >= 4 is 5.70 Å². The molecule has 0 amide bonds. The molecule has 0 unspecified atom stereocenters. The molecule has 0 heterocycles. The maximum absolute atomic E-state index is 5.41. The summed E-state index contributed by atoms with van der Waals surface area (Å²) in [7, 11) is 5.80. The highest BCUT2D eigenvalue weighted by atomic mass is 16.5. The first kappa shape index (κ1) is 14.4. The van der Waals surface area contributed by atoms with Gasteiger partial charge >= 0.3 is 0 Å². The Morgan fingerprint density at radius 2 is 2.00 bits per heavy atom. The van der Waals surface area contributed by atoms with E-state index in [-0.39, 0.29) is 0 Å². The van der Waals surface area contributed by atoms with E-state index in [1.165, 1.54) is 6.42 Å². The van der Waals surface area contributed by atoms with Gasteiger partial charge in [-0.25, -0.2) is 0 Å². The van der Waals surface area contributed by atoms with Gasteiger partial charge in [0, 0.05) is 25.4 Å². The van der Waals surface area contributed by atoms with E-state index in [1.807, 2.05) is 32.3 Å². The number of ether oxygens (including phenoxy) is 1. The van der Waals surface area contributed by atoms with E-state index in [4.69, 9.17) is 4.74 Å². The number of rotatable bonds is 6. The van der Waals surface area contributed by atoms with Crippen LogP contribution in [0.4, 0.5) is 0 Å². The van der Waals surface area contributed by atoms with Crippen LogP contribution >= 0.6 is 0 Å². The Hall–Kier alpha value is -1.70. The van der Waals surface area contributed by atoms with Gasteiger partial charge < -0.3 is 9.64 Å². The Balaban J connectivity index is 3.04. The van der Waals surface area contributed by atoms with Crippen molar-refractivity contribution in [3.8, 4) is 5.75 Å². The minimum absolute atomic E-state index is 0.904. The summed E-state index contributed by atoms with van der Waals surface area (Å²) in [6.45, 7) is 2.18. The third-order valence-corrected chi connectivity index (χ3v) is 2.71. The number of unbranched alkanes of at least 4 members (excludes halogenated alkanes) is 1. The van der Waals surface area contributed by atoms with E-state index in [2.05, 4.69) is 36.1 Å². The van der Waals surface area contributed by atoms with Crippen LogP contribution in [-0.4, -0.2) is 26.1 Å². The van der Waals surface area contributed by atoms with E-state index in [1.54, 1.807) is 7.11 Å². The average Bonchev–Trinajstić information content (AvgIpc) is 2.38. The maximum Gasteiger partial charge on any atom is 0.128 e. The van der Waals surface area contributed by atoms with Gasteiger partial charge in [0.25, 0.3) is 0 Å². The summed E-state index contributed by atoms with van der Waals surface area (Å²) >= 11 is 0. The third-order valence-electron chi connectivity index (χ3n) is 2.71. The van der Waals surface area contributed by atoms with Crippen LogP contribution in [0.3, 0.4) is 0 Å². The highest BCUT2D eigenvalue weighted by molar-refractivity contribution is 5.70. The minimum Gasteiger partial charge on any atom is -0.496 e. The first-order chi connectivity index (χ1) is 8.70. The molecule has 0 aliphatic heterocycles. The van der Waals surface area contributed by atoms with Crippen LogP contribution in [0.2, 0.25) is 0 Å². The fourth-order valence-corrected chi connectivity index (χ4v) is 1.76. The Kier molecular flexibility index (Phi) is 6.06. The van der Waals surface area contributed by atoms with Gasteiger partial charge in [-0.15, -0.1) is 0 Å². The van der Waals surface area contributed by atoms with Crippen LogP contribution in [0.25, 0.3) is 5.70 Å². The summed E-state index contributed by atoms with van der Waals surface area (Å²) in [6.07, 6.45) is 8.73. The Labute approximate surface area is 111 Å². The summed E-state index contributed by atoms with van der Waals surface area (Å²) in [6, 6.07) is 8.09. The molecule has 0 saturated carbocycles. The van der Waals surface area contributed by atoms with Crippen molar-refractivity contribution in [2.75, 3.05) is 21.2 Å². The molecule has 0 radical (unpaired) electrons. The van der Waals surface area contributed by atoms with E-state index in [0.29, 0.717) is 0 Å². The van der Waals surface area contributed by atoms with Gasteiger partial charge in [-0.3, -0.25) is 0 Å². The Bertz CT molecular complexity index is 419. The molecule has 1 aromatic rings. The quantitative estimate of drug-likeness (QED) is 0.703. The monoisotopic (exact) mass is 245 g/mol. The number of allylic oxidation sites excluding steroid dienone is 3. The van der Waals surface area contributed by atoms with E-state index in [9.17, 15) is 0 Å². The second-order valence-corrected chi connectivity index (χ2v) is 4.36. The number of hydrogen-bond donors (Lipinski definition) is 0. The van der Waals surface area contributed by atoms with Crippen molar-refractivity contribution in [3.63, 3.8) is 0 Å². The van der Waals surface area contributed by atoms with E-state index in [0.717, 1.165) is 23.4 Å². The van der Waals surface area contributed by atoms with Crippen LogP contribution < -0.4 is 4.74 Å². The zero-order valence-corrected chi connectivity index (χ0v) is 11.8. The van der Waals surface area contributed by atoms with Crippen LogP contribution in [0.5, 0.6) is 5.75 Å². The molecule has 18 heavy (non-hydrogen) atoms. The summed E-state index contributed by atoms with van der Waals surface area (Å²) in [5.41, 5.74) is 2.27. The van der Waals surface area contributed by atoms with Crippen LogP contribution in [0, 0.1) is 0 Å². The van der Waals surface area contributed by atoms with Gasteiger partial charge in [0.15, 0.2) is 0 Å². The largest absolute Gasteiger partial charge is 0.496 e. The molecule has 2 heteroatoms. The molecule has 0 fully saturated rings. The molecular weight excluding hydrogens is 222 g/mol. The molecule has 0 aromatic heterocycles. The molecule has 0 spiro atoms. The van der Waals surface area contributed by atoms with Gasteiger partial charge in [0.05, 0.1) is 7.11 Å². The highest BCUT2D eigenvalue weighted by Gasteiger charge is 2.08. The normalized spacial score (nSPS) is 11.9. The lowest BCUT2D eigenvalue weighted by Gasteiger charge is -2.19. The molecule has 1 aromatic carbocycles. The van der Waals surface area contributed by atoms with Crippen molar-refractivity contribution in [1.82, 2.24) is 4.90 Å². The fraction of sp³-hybridized carbons (Fsp3) is 0.375. The summed E-state index contributed by atoms with van der Waals surface area (Å²) in [4.78, 5) is 2.11. The molecular formula is C16H23NO. The molecule has 0 aliphatic rings. The predicted octanol–water partition coefficient (Wildman–Crippen LogP) is 3.95. The van der Waals surface area contributed by atoms with Gasteiger partial charge in [-0.05, 0) is 24.6 Å². The van der Waals surface area contributed by atoms with Crippen molar-refractivity contribution in [1.29, 1.82) is 0 Å². The number of para-hydroxylation sites is 1. The van der Waals surface area contributed by atoms with E-state index < -0.39 is 0 Å². The standard InChI is InChI=1S/C16H23NO/c1-5-6-7-8-12-15(17(2)3)14-11-9-10-13-16(14)18-4/h7-13H,5-6H2,1-4H3/b8-7+,15-12-. The third kappa shape index (κ3) is 3.95. The number of hydrogen-bond acceptors (Lipinski definition) is 2. The van der Waals surface area contributed by atoms with Crippen molar-refractivity contribution < 1.29 is 4.74 Å². The zero-order chi connectivity index (χ0) is 13.4. The fourth-order valence-electron chi connectivity index (χ4n) is 1.76. The summed E-state index contributed by atoms with van der Waals surface area (Å²) in [5.74, 6) is 0.904. The van der Waals surface area contributed by atoms with Crippen LogP contribution in [0.1, 0.15) is 25.3 Å². The maximum atomic E-state index is 5.41. The Morgan fingerprint density at radius 1 is 1.28 bits per heavy atom. The smallest absolute Gasteiger partial charge is 0.128 e. The summed E-state index contributed by atoms with van der Waals surface area (Å²) in [5, 5.41) is 0. The van der Waals surface area contributed by atoms with Crippen molar-refractivity contribution in [2.24, 2.45) is 0 Å². The van der Waals surface area contributed by atoms with Crippen molar-refractivity contribution in [2.45, 2.75) is 19.8 Å². The van der Waals surface area contributed by atoms with E-state index >= 15 is 0 Å². The SMILES string of the molecule is CCC/C=C/C=C(/c1ccccc1OC)N(C)C. The lowest BCUT2D eigenvalue weighted by molar-refractivity contribution is 0.411. The second-order valence-electron chi connectivity index (χ2n) is 4.36. The average molecular weight is 245 g/mol. The first-order valence-corrected chi connectivity index (χ1v) is 6.38. The molecule has 98 valence electrons. The predicted molar refractivity (Wildman–Crippen MR) is 78.7 cm³/mol. The second kappa shape index (κ2) is 7.59. The molecule has 0 saturated heterocycles. The lowest BCUT2D eigenvalue weighted by Crippen LogP contribution is -2.10. The van der Waals surface area contributed by atoms with Gasteiger partial charge in [-0.1, -0.05) is 37.6 Å². The highest BCUT2D eigenvalue weighted by Crippen LogP contribution is 2.26. The van der Waals surface area contributed by atoms with Crippen molar-refractivity contribution in [3.05, 3.63) is 48.1 Å². The number of nitrogens with zero attached hydrogens (tertiary/aromatic N) is 1. The summed E-state index contributed by atoms with van der Waals surface area (Å²) < 4.78 is 5.41. The van der Waals surface area contributed by atoms with Crippen LogP contribution in [-0.2, 0) is 0 Å². The lowest BCUT2D eigenvalue weighted by atomic mass is 10.1. The van der Waals surface area contributed by atoms with Gasteiger partial charge in [-0.2, -0.15) is 0 Å². The van der Waals surface area contributed by atoms with Crippen LogP contribution in [0.15, 0.2) is 42.5 Å². The molecule has 0 bridgehead atoms. The van der Waals surface area contributed by atoms with Gasteiger partial charge in [0.2, 0.25) is 0 Å². The molecule has 2 nitrogen and oxygen atoms in total. The molecule has 0 aliphatic carbocycles. The molecule has 1 rings (SSSR count). The topological polar surface area (TPSA) is 12.5 Å². The zero-order valence-electron chi connectivity index (χ0n) is 11.8. The number of methoxy groups -OCH3 is 1. The molecule has 0 N–H and O–H groups in total.